The summed E-state index contributed by atoms with van der Waals surface area (Å²) in [5, 5.41) is 3.45. The Hall–Kier alpha value is -1.55. The Labute approximate surface area is 124 Å². The smallest absolute Gasteiger partial charge is 0.246 e. The molecule has 1 aromatic rings. The molecule has 4 nitrogen and oxygen atoms in total. The molecule has 2 rings (SSSR count). The molecule has 1 aliphatic rings. The van der Waals surface area contributed by atoms with Gasteiger partial charge in [-0.1, -0.05) is 44.0 Å². The van der Waals surface area contributed by atoms with Gasteiger partial charge in [0, 0.05) is 11.6 Å². The first kappa shape index (κ1) is 14.9. The highest BCUT2D eigenvalue weighted by Gasteiger charge is 2.35. The van der Waals surface area contributed by atoms with Crippen LogP contribution in [-0.4, -0.2) is 29.3 Å². The van der Waals surface area contributed by atoms with Crippen LogP contribution in [0.5, 0.6) is 0 Å². The highest BCUT2D eigenvalue weighted by Crippen LogP contribution is 2.17. The van der Waals surface area contributed by atoms with Crippen LogP contribution in [0.3, 0.4) is 0 Å². The number of amides is 2. The number of hydrogen-bond donors (Lipinski definition) is 1. The average Bonchev–Trinajstić information content (AvgIpc) is 2.44. The lowest BCUT2D eigenvalue weighted by Gasteiger charge is -2.35. The van der Waals surface area contributed by atoms with Crippen molar-refractivity contribution in [1.82, 2.24) is 10.2 Å². The van der Waals surface area contributed by atoms with Crippen LogP contribution in [0.25, 0.3) is 0 Å². The lowest BCUT2D eigenvalue weighted by atomic mass is 9.96. The summed E-state index contributed by atoms with van der Waals surface area (Å²) < 4.78 is 0. The van der Waals surface area contributed by atoms with E-state index < -0.39 is 6.04 Å². The van der Waals surface area contributed by atoms with Gasteiger partial charge in [0.25, 0.3) is 0 Å². The molecule has 1 saturated heterocycles. The van der Waals surface area contributed by atoms with E-state index in [0.29, 0.717) is 11.6 Å². The normalized spacial score (nSPS) is 20.8. The highest BCUT2D eigenvalue weighted by atomic mass is 35.5. The van der Waals surface area contributed by atoms with Gasteiger partial charge in [-0.3, -0.25) is 9.59 Å². The van der Waals surface area contributed by atoms with Crippen molar-refractivity contribution in [3.8, 4) is 0 Å². The van der Waals surface area contributed by atoms with Crippen molar-refractivity contribution >= 4 is 23.4 Å². The third-order valence-corrected chi connectivity index (χ3v) is 3.98. The molecule has 2 unspecified atom stereocenters. The molecule has 0 aliphatic carbocycles. The maximum Gasteiger partial charge on any atom is 0.246 e. The van der Waals surface area contributed by atoms with Crippen LogP contribution < -0.4 is 5.32 Å². The predicted octanol–water partition coefficient (Wildman–Crippen LogP) is 2.21. The number of nitrogens with zero attached hydrogens (tertiary/aromatic N) is 1. The number of halogens is 1. The summed E-state index contributed by atoms with van der Waals surface area (Å²) in [6, 6.07) is 6.92. The van der Waals surface area contributed by atoms with E-state index in [4.69, 9.17) is 11.6 Å². The van der Waals surface area contributed by atoms with E-state index in [2.05, 4.69) is 5.32 Å². The van der Waals surface area contributed by atoms with E-state index in [1.165, 1.54) is 0 Å². The molecule has 108 valence electrons. The maximum absolute atomic E-state index is 12.4. The van der Waals surface area contributed by atoms with E-state index in [0.717, 1.165) is 12.0 Å². The molecular formula is C15H19ClN2O2. The Morgan fingerprint density at radius 2 is 2.00 bits per heavy atom. The molecule has 2 amide bonds. The molecule has 0 radical (unpaired) electrons. The van der Waals surface area contributed by atoms with Gasteiger partial charge in [-0.25, -0.2) is 0 Å². The molecule has 0 bridgehead atoms. The number of rotatable bonds is 4. The van der Waals surface area contributed by atoms with E-state index >= 15 is 0 Å². The van der Waals surface area contributed by atoms with E-state index in [1.54, 1.807) is 17.0 Å². The van der Waals surface area contributed by atoms with Crippen molar-refractivity contribution in [3.63, 3.8) is 0 Å². The molecule has 0 aromatic heterocycles. The van der Waals surface area contributed by atoms with Gasteiger partial charge in [0.1, 0.15) is 6.04 Å². The van der Waals surface area contributed by atoms with E-state index in [-0.39, 0.29) is 24.3 Å². The third-order valence-electron chi connectivity index (χ3n) is 3.73. The van der Waals surface area contributed by atoms with Crippen LogP contribution in [0.1, 0.15) is 25.8 Å². The Balaban J connectivity index is 2.11. The summed E-state index contributed by atoms with van der Waals surface area (Å²) in [7, 11) is 0. The molecule has 5 heteroatoms. The van der Waals surface area contributed by atoms with Gasteiger partial charge in [0.2, 0.25) is 11.8 Å². The minimum Gasteiger partial charge on any atom is -0.342 e. The molecular weight excluding hydrogens is 276 g/mol. The lowest BCUT2D eigenvalue weighted by Crippen LogP contribution is -2.59. The fourth-order valence-corrected chi connectivity index (χ4v) is 2.42. The van der Waals surface area contributed by atoms with Gasteiger partial charge in [-0.15, -0.1) is 0 Å². The van der Waals surface area contributed by atoms with Crippen molar-refractivity contribution in [2.45, 2.75) is 32.9 Å². The topological polar surface area (TPSA) is 49.4 Å². The second-order valence-corrected chi connectivity index (χ2v) is 5.69. The van der Waals surface area contributed by atoms with Crippen molar-refractivity contribution < 1.29 is 9.59 Å². The Kier molecular flexibility index (Phi) is 4.65. The standard InChI is InChI=1S/C15H19ClN2O2/c1-3-10(2)14-15(20)18(9-13(19)17-14)8-11-4-6-12(16)7-5-11/h4-7,10,14H,3,8-9H2,1-2H3,(H,17,19). The SMILES string of the molecule is CCC(C)C1NC(=O)CN(Cc2ccc(Cl)cc2)C1=O. The monoisotopic (exact) mass is 294 g/mol. The van der Waals surface area contributed by atoms with Crippen molar-refractivity contribution in [2.24, 2.45) is 5.92 Å². The zero-order valence-corrected chi connectivity index (χ0v) is 12.5. The van der Waals surface area contributed by atoms with Gasteiger partial charge in [-0.05, 0) is 23.6 Å². The van der Waals surface area contributed by atoms with Gasteiger partial charge in [0.15, 0.2) is 0 Å². The van der Waals surface area contributed by atoms with Crippen molar-refractivity contribution in [2.75, 3.05) is 6.54 Å². The quantitative estimate of drug-likeness (QED) is 0.925. The Morgan fingerprint density at radius 1 is 1.35 bits per heavy atom. The average molecular weight is 295 g/mol. The summed E-state index contributed by atoms with van der Waals surface area (Å²) >= 11 is 5.85. The number of carbonyl (C=O) groups excluding carboxylic acids is 2. The van der Waals surface area contributed by atoms with Crippen LogP contribution in [0, 0.1) is 5.92 Å². The first-order chi connectivity index (χ1) is 9.51. The first-order valence-corrected chi connectivity index (χ1v) is 7.21. The molecule has 1 N–H and O–H groups in total. The third kappa shape index (κ3) is 3.31. The molecule has 20 heavy (non-hydrogen) atoms. The highest BCUT2D eigenvalue weighted by molar-refractivity contribution is 6.30. The first-order valence-electron chi connectivity index (χ1n) is 6.84. The second-order valence-electron chi connectivity index (χ2n) is 5.25. The Morgan fingerprint density at radius 3 is 2.60 bits per heavy atom. The molecule has 0 saturated carbocycles. The van der Waals surface area contributed by atoms with Crippen molar-refractivity contribution in [3.05, 3.63) is 34.9 Å². The van der Waals surface area contributed by atoms with Gasteiger partial charge in [0.05, 0.1) is 6.54 Å². The van der Waals surface area contributed by atoms with Gasteiger partial charge in [-0.2, -0.15) is 0 Å². The number of hydrogen-bond acceptors (Lipinski definition) is 2. The Bertz CT molecular complexity index is 501. The molecule has 1 fully saturated rings. The molecule has 2 atom stereocenters. The summed E-state index contributed by atoms with van der Waals surface area (Å²) in [5.74, 6) is 0.0391. The predicted molar refractivity (Wildman–Crippen MR) is 78.3 cm³/mol. The largest absolute Gasteiger partial charge is 0.342 e. The van der Waals surface area contributed by atoms with Crippen molar-refractivity contribution in [1.29, 1.82) is 0 Å². The molecule has 1 aromatic carbocycles. The van der Waals surface area contributed by atoms with E-state index in [1.807, 2.05) is 26.0 Å². The van der Waals surface area contributed by atoms with Gasteiger partial charge >= 0.3 is 0 Å². The van der Waals surface area contributed by atoms with Crippen LogP contribution in [0.4, 0.5) is 0 Å². The zero-order chi connectivity index (χ0) is 14.7. The van der Waals surface area contributed by atoms with E-state index in [9.17, 15) is 9.59 Å². The molecule has 1 aliphatic heterocycles. The lowest BCUT2D eigenvalue weighted by molar-refractivity contribution is -0.146. The number of nitrogens with one attached hydrogen (secondary N) is 1. The van der Waals surface area contributed by atoms with Crippen LogP contribution in [-0.2, 0) is 16.1 Å². The fourth-order valence-electron chi connectivity index (χ4n) is 2.29. The summed E-state index contributed by atoms with van der Waals surface area (Å²) in [5.41, 5.74) is 0.973. The van der Waals surface area contributed by atoms with Gasteiger partial charge < -0.3 is 10.2 Å². The summed E-state index contributed by atoms with van der Waals surface area (Å²) in [6.07, 6.45) is 0.853. The number of benzene rings is 1. The number of piperazine rings is 1. The second kappa shape index (κ2) is 6.27. The number of carbonyl (C=O) groups is 2. The van der Waals surface area contributed by atoms with Crippen LogP contribution >= 0.6 is 11.6 Å². The van der Waals surface area contributed by atoms with Crippen LogP contribution in [0.15, 0.2) is 24.3 Å². The van der Waals surface area contributed by atoms with Crippen LogP contribution in [0.2, 0.25) is 5.02 Å². The molecule has 1 heterocycles. The minimum atomic E-state index is -0.409. The minimum absolute atomic E-state index is 0.00565. The molecule has 0 spiro atoms. The fraction of sp³-hybridized carbons (Fsp3) is 0.467. The summed E-state index contributed by atoms with van der Waals surface area (Å²) in [4.78, 5) is 25.8. The summed E-state index contributed by atoms with van der Waals surface area (Å²) in [6.45, 7) is 4.56. The zero-order valence-electron chi connectivity index (χ0n) is 11.7. The maximum atomic E-state index is 12.4.